The van der Waals surface area contributed by atoms with Gasteiger partial charge in [-0.25, -0.2) is 0 Å². The summed E-state index contributed by atoms with van der Waals surface area (Å²) in [7, 11) is 0. The van der Waals surface area contributed by atoms with Gasteiger partial charge in [0.1, 0.15) is 0 Å². The lowest BCUT2D eigenvalue weighted by Crippen LogP contribution is -2.47. The van der Waals surface area contributed by atoms with Gasteiger partial charge in [-0.15, -0.1) is 0 Å². The van der Waals surface area contributed by atoms with Crippen molar-refractivity contribution in [2.45, 2.75) is 50.6 Å². The van der Waals surface area contributed by atoms with E-state index in [1.54, 1.807) is 0 Å². The van der Waals surface area contributed by atoms with E-state index in [0.29, 0.717) is 25.4 Å². The zero-order valence-electron chi connectivity index (χ0n) is 14.1. The Hall–Kier alpha value is -1.88. The Kier molecular flexibility index (Phi) is 5.51. The Bertz CT molecular complexity index is 567. The Labute approximate surface area is 143 Å². The first-order chi connectivity index (χ1) is 11.6. The summed E-state index contributed by atoms with van der Waals surface area (Å²) in [5.74, 6) is 0.534. The van der Waals surface area contributed by atoms with Crippen LogP contribution >= 0.6 is 0 Å². The molecule has 0 bridgehead atoms. The summed E-state index contributed by atoms with van der Waals surface area (Å²) in [4.78, 5) is 26.5. The second-order valence-corrected chi connectivity index (χ2v) is 7.06. The van der Waals surface area contributed by atoms with Crippen molar-refractivity contribution in [3.8, 4) is 0 Å². The normalized spacial score (nSPS) is 24.8. The smallest absolute Gasteiger partial charge is 0.253 e. The molecule has 0 spiro atoms. The molecule has 24 heavy (non-hydrogen) atoms. The van der Waals surface area contributed by atoms with Gasteiger partial charge in [-0.2, -0.15) is 0 Å². The van der Waals surface area contributed by atoms with Gasteiger partial charge in [-0.3, -0.25) is 9.59 Å². The third-order valence-electron chi connectivity index (χ3n) is 5.33. The molecule has 1 aliphatic heterocycles. The topological polar surface area (TPSA) is 75.4 Å². The van der Waals surface area contributed by atoms with Crippen LogP contribution in [-0.4, -0.2) is 41.9 Å². The Morgan fingerprint density at radius 2 is 1.79 bits per heavy atom. The maximum atomic E-state index is 12.4. The number of hydrogen-bond donors (Lipinski definition) is 2. The Morgan fingerprint density at radius 3 is 2.42 bits per heavy atom. The van der Waals surface area contributed by atoms with Gasteiger partial charge in [0.15, 0.2) is 0 Å². The summed E-state index contributed by atoms with van der Waals surface area (Å²) in [6, 6.07) is 9.73. The maximum absolute atomic E-state index is 12.4. The van der Waals surface area contributed by atoms with Crippen LogP contribution in [-0.2, 0) is 4.79 Å². The number of nitrogens with two attached hydrogens (primary N) is 1. The summed E-state index contributed by atoms with van der Waals surface area (Å²) in [5, 5.41) is 3.13. The molecular formula is C19H27N3O2. The van der Waals surface area contributed by atoms with Crippen molar-refractivity contribution in [3.05, 3.63) is 35.9 Å². The van der Waals surface area contributed by atoms with Crippen molar-refractivity contribution in [1.82, 2.24) is 10.2 Å². The molecule has 3 rings (SSSR count). The predicted molar refractivity (Wildman–Crippen MR) is 93.4 cm³/mol. The van der Waals surface area contributed by atoms with Crippen LogP contribution in [0.1, 0.15) is 48.9 Å². The fourth-order valence-electron chi connectivity index (χ4n) is 3.83. The first-order valence-corrected chi connectivity index (χ1v) is 9.03. The van der Waals surface area contributed by atoms with Gasteiger partial charge in [0, 0.05) is 37.2 Å². The first-order valence-electron chi connectivity index (χ1n) is 9.03. The molecule has 0 aromatic heterocycles. The molecule has 5 nitrogen and oxygen atoms in total. The molecule has 1 aromatic carbocycles. The van der Waals surface area contributed by atoms with Crippen LogP contribution in [0.15, 0.2) is 30.3 Å². The zero-order chi connectivity index (χ0) is 16.9. The van der Waals surface area contributed by atoms with Crippen LogP contribution < -0.4 is 11.1 Å². The van der Waals surface area contributed by atoms with Crippen molar-refractivity contribution >= 4 is 11.8 Å². The number of carbonyl (C=O) groups is 2. The number of nitrogens with zero attached hydrogens (tertiary/aromatic N) is 1. The zero-order valence-corrected chi connectivity index (χ0v) is 14.1. The minimum Gasteiger partial charge on any atom is -0.353 e. The lowest BCUT2D eigenvalue weighted by atomic mass is 9.98. The number of nitrogens with one attached hydrogen (secondary N) is 1. The van der Waals surface area contributed by atoms with Gasteiger partial charge in [0.25, 0.3) is 5.91 Å². The van der Waals surface area contributed by atoms with Gasteiger partial charge < -0.3 is 16.0 Å². The highest BCUT2D eigenvalue weighted by Gasteiger charge is 2.28. The fraction of sp³-hybridized carbons (Fsp3) is 0.579. The van der Waals surface area contributed by atoms with Gasteiger partial charge in [0.2, 0.25) is 5.91 Å². The van der Waals surface area contributed by atoms with Gasteiger partial charge in [-0.05, 0) is 43.7 Å². The van der Waals surface area contributed by atoms with Gasteiger partial charge in [0.05, 0.1) is 0 Å². The second kappa shape index (κ2) is 7.79. The number of amides is 2. The molecule has 0 unspecified atom stereocenters. The van der Waals surface area contributed by atoms with E-state index < -0.39 is 0 Å². The van der Waals surface area contributed by atoms with Gasteiger partial charge in [-0.1, -0.05) is 24.6 Å². The predicted octanol–water partition coefficient (Wildman–Crippen LogP) is 1.92. The summed E-state index contributed by atoms with van der Waals surface area (Å²) in [5.41, 5.74) is 6.77. The van der Waals surface area contributed by atoms with E-state index in [-0.39, 0.29) is 23.9 Å². The van der Waals surface area contributed by atoms with E-state index in [1.165, 1.54) is 0 Å². The molecule has 1 saturated carbocycles. The summed E-state index contributed by atoms with van der Waals surface area (Å²) in [6.07, 6.45) is 5.43. The van der Waals surface area contributed by atoms with Crippen LogP contribution in [0.3, 0.4) is 0 Å². The average Bonchev–Trinajstić information content (AvgIpc) is 3.00. The standard InChI is InChI=1S/C19H27N3O2/c20-17-8-4-7-15(17)13-18(23)21-16-9-11-22(12-10-16)19(24)14-5-2-1-3-6-14/h1-3,5-6,15-17H,4,7-13,20H2,(H,21,23)/t15-,17+/m0/s1. The van der Waals surface area contributed by atoms with Crippen molar-refractivity contribution in [3.63, 3.8) is 0 Å². The monoisotopic (exact) mass is 329 g/mol. The summed E-state index contributed by atoms with van der Waals surface area (Å²) >= 11 is 0. The highest BCUT2D eigenvalue weighted by atomic mass is 16.2. The highest BCUT2D eigenvalue weighted by Crippen LogP contribution is 2.26. The lowest BCUT2D eigenvalue weighted by molar-refractivity contribution is -0.123. The summed E-state index contributed by atoms with van der Waals surface area (Å²) in [6.45, 7) is 1.39. The molecule has 1 heterocycles. The molecule has 0 radical (unpaired) electrons. The quantitative estimate of drug-likeness (QED) is 0.886. The van der Waals surface area contributed by atoms with Crippen molar-refractivity contribution < 1.29 is 9.59 Å². The van der Waals surface area contributed by atoms with Crippen LogP contribution in [0.25, 0.3) is 0 Å². The average molecular weight is 329 g/mol. The van der Waals surface area contributed by atoms with E-state index >= 15 is 0 Å². The Balaban J connectivity index is 1.43. The molecular weight excluding hydrogens is 302 g/mol. The van der Waals surface area contributed by atoms with E-state index in [2.05, 4.69) is 5.32 Å². The third kappa shape index (κ3) is 4.15. The molecule has 2 atom stereocenters. The molecule has 2 aliphatic rings. The van der Waals surface area contributed by atoms with Crippen LogP contribution in [0.4, 0.5) is 0 Å². The highest BCUT2D eigenvalue weighted by molar-refractivity contribution is 5.94. The maximum Gasteiger partial charge on any atom is 0.253 e. The molecule has 1 saturated heterocycles. The molecule has 2 amide bonds. The second-order valence-electron chi connectivity index (χ2n) is 7.06. The molecule has 1 aromatic rings. The van der Waals surface area contributed by atoms with Crippen molar-refractivity contribution in [1.29, 1.82) is 0 Å². The number of hydrogen-bond acceptors (Lipinski definition) is 3. The number of carbonyl (C=O) groups excluding carboxylic acids is 2. The van der Waals surface area contributed by atoms with E-state index in [9.17, 15) is 9.59 Å². The molecule has 5 heteroatoms. The van der Waals surface area contributed by atoms with Crippen molar-refractivity contribution in [2.24, 2.45) is 11.7 Å². The van der Waals surface area contributed by atoms with E-state index in [1.807, 2.05) is 35.2 Å². The van der Waals surface area contributed by atoms with Crippen LogP contribution in [0.2, 0.25) is 0 Å². The minimum absolute atomic E-state index is 0.0808. The Morgan fingerprint density at radius 1 is 1.08 bits per heavy atom. The minimum atomic E-state index is 0.0808. The molecule has 130 valence electrons. The van der Waals surface area contributed by atoms with Crippen LogP contribution in [0.5, 0.6) is 0 Å². The fourth-order valence-corrected chi connectivity index (χ4v) is 3.83. The number of piperidine rings is 1. The number of likely N-dealkylation sites (tertiary alicyclic amines) is 1. The number of benzene rings is 1. The lowest BCUT2D eigenvalue weighted by Gasteiger charge is -2.32. The molecule has 3 N–H and O–H groups in total. The third-order valence-corrected chi connectivity index (χ3v) is 5.33. The van der Waals surface area contributed by atoms with E-state index in [0.717, 1.165) is 37.7 Å². The SMILES string of the molecule is N[C@@H]1CCC[C@H]1CC(=O)NC1CCN(C(=O)c2ccccc2)CC1. The van der Waals surface area contributed by atoms with Crippen LogP contribution in [0, 0.1) is 5.92 Å². The largest absolute Gasteiger partial charge is 0.353 e. The van der Waals surface area contributed by atoms with Gasteiger partial charge >= 0.3 is 0 Å². The summed E-state index contributed by atoms with van der Waals surface area (Å²) < 4.78 is 0. The number of rotatable bonds is 4. The van der Waals surface area contributed by atoms with Crippen molar-refractivity contribution in [2.75, 3.05) is 13.1 Å². The first kappa shape index (κ1) is 17.0. The molecule has 2 fully saturated rings. The molecule has 1 aliphatic carbocycles. The van der Waals surface area contributed by atoms with E-state index in [4.69, 9.17) is 5.73 Å².